The van der Waals surface area contributed by atoms with Crippen molar-refractivity contribution in [2.75, 3.05) is 6.54 Å². The van der Waals surface area contributed by atoms with E-state index in [1.165, 1.54) is 0 Å². The summed E-state index contributed by atoms with van der Waals surface area (Å²) in [5.41, 5.74) is 4.74. The normalized spacial score (nSPS) is 10.6. The molecule has 0 saturated carbocycles. The molecule has 0 aromatic carbocycles. The fraction of sp³-hybridized carbons (Fsp3) is 0.429. The maximum Gasteiger partial charge on any atom is 0.142 e. The van der Waals surface area contributed by atoms with E-state index in [0.29, 0.717) is 6.61 Å². The van der Waals surface area contributed by atoms with Crippen molar-refractivity contribution in [1.29, 1.82) is 0 Å². The highest BCUT2D eigenvalue weighted by molar-refractivity contribution is 7.07. The molecule has 0 fully saturated rings. The Bertz CT molecular complexity index is 499. The molecule has 0 atom stereocenters. The van der Waals surface area contributed by atoms with Gasteiger partial charge in [-0.2, -0.15) is 0 Å². The van der Waals surface area contributed by atoms with Crippen LogP contribution in [0.4, 0.5) is 0 Å². The average molecular weight is 277 g/mol. The Balaban J connectivity index is 2.01. The van der Waals surface area contributed by atoms with Crippen LogP contribution in [0.2, 0.25) is 0 Å². The molecule has 0 aliphatic carbocycles. The van der Waals surface area contributed by atoms with Crippen LogP contribution in [-0.2, 0) is 13.2 Å². The van der Waals surface area contributed by atoms with Gasteiger partial charge in [-0.15, -0.1) is 11.3 Å². The van der Waals surface area contributed by atoms with Crippen molar-refractivity contribution < 1.29 is 4.74 Å². The molecule has 0 amide bonds. The minimum Gasteiger partial charge on any atom is -0.485 e. The van der Waals surface area contributed by atoms with Gasteiger partial charge in [0, 0.05) is 17.6 Å². The maximum atomic E-state index is 5.81. The minimum atomic E-state index is 0.495. The lowest BCUT2D eigenvalue weighted by atomic mass is 10.2. The van der Waals surface area contributed by atoms with E-state index in [9.17, 15) is 0 Å². The van der Waals surface area contributed by atoms with Gasteiger partial charge in [0.05, 0.1) is 16.9 Å². The molecular formula is C14H19N3OS. The predicted molar refractivity (Wildman–Crippen MR) is 77.4 cm³/mol. The molecule has 0 spiro atoms. The highest BCUT2D eigenvalue weighted by Crippen LogP contribution is 2.18. The Morgan fingerprint density at radius 2 is 2.26 bits per heavy atom. The molecule has 0 aliphatic rings. The van der Waals surface area contributed by atoms with Gasteiger partial charge in [0.1, 0.15) is 12.4 Å². The van der Waals surface area contributed by atoms with Crippen molar-refractivity contribution in [3.63, 3.8) is 0 Å². The van der Waals surface area contributed by atoms with Crippen LogP contribution in [0.1, 0.15) is 30.4 Å². The van der Waals surface area contributed by atoms with Gasteiger partial charge >= 0.3 is 0 Å². The number of pyridine rings is 1. The van der Waals surface area contributed by atoms with E-state index in [1.807, 2.05) is 29.9 Å². The monoisotopic (exact) mass is 277 g/mol. The molecule has 2 aromatic rings. The third-order valence-electron chi connectivity index (χ3n) is 2.65. The molecule has 0 unspecified atom stereocenters. The summed E-state index contributed by atoms with van der Waals surface area (Å²) in [6.45, 7) is 6.36. The smallest absolute Gasteiger partial charge is 0.142 e. The Morgan fingerprint density at radius 3 is 3.00 bits per heavy atom. The lowest BCUT2D eigenvalue weighted by Gasteiger charge is -2.11. The zero-order chi connectivity index (χ0) is 13.5. The van der Waals surface area contributed by atoms with Crippen LogP contribution < -0.4 is 10.1 Å². The number of ether oxygens (including phenoxy) is 1. The van der Waals surface area contributed by atoms with Gasteiger partial charge in [0.25, 0.3) is 0 Å². The van der Waals surface area contributed by atoms with Crippen molar-refractivity contribution in [2.45, 2.75) is 33.4 Å². The van der Waals surface area contributed by atoms with Gasteiger partial charge < -0.3 is 10.1 Å². The number of hydrogen-bond acceptors (Lipinski definition) is 5. The standard InChI is InChI=1S/C14H19N3OS/c1-3-6-15-7-13-14(5-4-11(2)17-13)18-8-12-9-19-10-16-12/h4-5,9-10,15H,3,6-8H2,1-2H3. The second-order valence-electron chi connectivity index (χ2n) is 4.34. The molecule has 0 bridgehead atoms. The van der Waals surface area contributed by atoms with E-state index in [4.69, 9.17) is 4.74 Å². The third kappa shape index (κ3) is 4.29. The summed E-state index contributed by atoms with van der Waals surface area (Å²) < 4.78 is 5.81. The van der Waals surface area contributed by atoms with E-state index in [1.54, 1.807) is 11.3 Å². The van der Waals surface area contributed by atoms with Crippen molar-refractivity contribution in [1.82, 2.24) is 15.3 Å². The van der Waals surface area contributed by atoms with Crippen LogP contribution in [0, 0.1) is 6.92 Å². The summed E-state index contributed by atoms with van der Waals surface area (Å²) in [4.78, 5) is 8.75. The van der Waals surface area contributed by atoms with Crippen molar-refractivity contribution >= 4 is 11.3 Å². The Kier molecular flexibility index (Phi) is 5.30. The van der Waals surface area contributed by atoms with E-state index in [-0.39, 0.29) is 0 Å². The van der Waals surface area contributed by atoms with Gasteiger partial charge in [-0.3, -0.25) is 4.98 Å². The highest BCUT2D eigenvalue weighted by Gasteiger charge is 2.06. The summed E-state index contributed by atoms with van der Waals surface area (Å²) in [6.07, 6.45) is 1.11. The average Bonchev–Trinajstić information content (AvgIpc) is 2.91. The van der Waals surface area contributed by atoms with Gasteiger partial charge in [0.2, 0.25) is 0 Å². The lowest BCUT2D eigenvalue weighted by molar-refractivity contribution is 0.296. The molecule has 19 heavy (non-hydrogen) atoms. The molecule has 1 N–H and O–H groups in total. The van der Waals surface area contributed by atoms with E-state index in [0.717, 1.165) is 42.3 Å². The van der Waals surface area contributed by atoms with Crippen LogP contribution in [0.15, 0.2) is 23.0 Å². The molecule has 4 nitrogen and oxygen atoms in total. The van der Waals surface area contributed by atoms with Crippen molar-refractivity contribution in [3.05, 3.63) is 40.1 Å². The first-order chi connectivity index (χ1) is 9.29. The van der Waals surface area contributed by atoms with E-state index < -0.39 is 0 Å². The predicted octanol–water partition coefficient (Wildman–Crippen LogP) is 2.93. The lowest BCUT2D eigenvalue weighted by Crippen LogP contribution is -2.16. The first-order valence-corrected chi connectivity index (χ1v) is 7.41. The molecule has 102 valence electrons. The van der Waals surface area contributed by atoms with Crippen molar-refractivity contribution in [3.8, 4) is 5.75 Å². The zero-order valence-electron chi connectivity index (χ0n) is 11.3. The Labute approximate surface area is 117 Å². The minimum absolute atomic E-state index is 0.495. The maximum absolute atomic E-state index is 5.81. The first-order valence-electron chi connectivity index (χ1n) is 6.46. The molecule has 5 heteroatoms. The van der Waals surface area contributed by atoms with E-state index in [2.05, 4.69) is 22.2 Å². The van der Waals surface area contributed by atoms with Crippen LogP contribution in [-0.4, -0.2) is 16.5 Å². The number of nitrogens with one attached hydrogen (secondary N) is 1. The number of aromatic nitrogens is 2. The molecule has 2 aromatic heterocycles. The SMILES string of the molecule is CCCNCc1nc(C)ccc1OCc1cscn1. The Morgan fingerprint density at radius 1 is 1.37 bits per heavy atom. The first kappa shape index (κ1) is 14.0. The number of hydrogen-bond donors (Lipinski definition) is 1. The van der Waals surface area contributed by atoms with Crippen LogP contribution in [0.3, 0.4) is 0 Å². The topological polar surface area (TPSA) is 47.0 Å². The molecule has 2 rings (SSSR count). The summed E-state index contributed by atoms with van der Waals surface area (Å²) in [6, 6.07) is 3.96. The summed E-state index contributed by atoms with van der Waals surface area (Å²) in [5.74, 6) is 0.835. The van der Waals surface area contributed by atoms with Crippen LogP contribution in [0.5, 0.6) is 5.75 Å². The number of nitrogens with zero attached hydrogens (tertiary/aromatic N) is 2. The summed E-state index contributed by atoms with van der Waals surface area (Å²) in [5, 5.41) is 5.35. The number of rotatable bonds is 7. The number of aryl methyl sites for hydroxylation is 1. The second kappa shape index (κ2) is 7.21. The largest absolute Gasteiger partial charge is 0.485 e. The fourth-order valence-electron chi connectivity index (χ4n) is 1.70. The van der Waals surface area contributed by atoms with Gasteiger partial charge in [-0.1, -0.05) is 6.92 Å². The number of thiazole rings is 1. The molecular weight excluding hydrogens is 258 g/mol. The highest BCUT2D eigenvalue weighted by atomic mass is 32.1. The molecule has 0 saturated heterocycles. The van der Waals surface area contributed by atoms with Crippen LogP contribution >= 0.6 is 11.3 Å². The molecule has 0 aliphatic heterocycles. The van der Waals surface area contributed by atoms with Gasteiger partial charge in [0.15, 0.2) is 0 Å². The zero-order valence-corrected chi connectivity index (χ0v) is 12.2. The van der Waals surface area contributed by atoms with E-state index >= 15 is 0 Å². The van der Waals surface area contributed by atoms with Gasteiger partial charge in [-0.25, -0.2) is 4.98 Å². The van der Waals surface area contributed by atoms with Crippen LogP contribution in [0.25, 0.3) is 0 Å². The third-order valence-corrected chi connectivity index (χ3v) is 3.29. The Hall–Kier alpha value is -1.46. The second-order valence-corrected chi connectivity index (χ2v) is 5.06. The quantitative estimate of drug-likeness (QED) is 0.790. The molecule has 0 radical (unpaired) electrons. The van der Waals surface area contributed by atoms with Gasteiger partial charge in [-0.05, 0) is 32.0 Å². The van der Waals surface area contributed by atoms with Crippen molar-refractivity contribution in [2.24, 2.45) is 0 Å². The molecule has 2 heterocycles. The summed E-state index contributed by atoms with van der Waals surface area (Å²) in [7, 11) is 0. The fourth-order valence-corrected chi connectivity index (χ4v) is 2.24. The summed E-state index contributed by atoms with van der Waals surface area (Å²) >= 11 is 1.58.